The van der Waals surface area contributed by atoms with E-state index in [-0.39, 0.29) is 17.7 Å². The van der Waals surface area contributed by atoms with Gasteiger partial charge in [-0.3, -0.25) is 0 Å². The molecule has 1 atom stereocenters. The van der Waals surface area contributed by atoms with Crippen LogP contribution in [0.25, 0.3) is 11.0 Å². The number of rotatable bonds is 8. The van der Waals surface area contributed by atoms with Gasteiger partial charge in [-0.1, -0.05) is 13.3 Å². The van der Waals surface area contributed by atoms with Crippen LogP contribution in [0.15, 0.2) is 18.6 Å². The molecule has 1 aliphatic rings. The summed E-state index contributed by atoms with van der Waals surface area (Å²) >= 11 is 0. The zero-order chi connectivity index (χ0) is 18.9. The number of hydrogen-bond acceptors (Lipinski definition) is 5. The van der Waals surface area contributed by atoms with E-state index in [0.717, 1.165) is 42.5 Å². The van der Waals surface area contributed by atoms with Gasteiger partial charge >= 0.3 is 0 Å². The van der Waals surface area contributed by atoms with E-state index >= 15 is 0 Å². The first-order chi connectivity index (χ1) is 12.3. The molecular formula is C18H29N5O2S. The third-order valence-corrected chi connectivity index (χ3v) is 7.77. The van der Waals surface area contributed by atoms with Crippen molar-refractivity contribution in [1.82, 2.24) is 19.3 Å². The molecule has 0 spiro atoms. The normalized spacial score (nSPS) is 21.7. The van der Waals surface area contributed by atoms with Crippen LogP contribution < -0.4 is 4.90 Å². The molecule has 2 aromatic rings. The zero-order valence-corrected chi connectivity index (χ0v) is 16.8. The monoisotopic (exact) mass is 379 g/mol. The lowest BCUT2D eigenvalue weighted by Crippen LogP contribution is -2.47. The molecule has 1 unspecified atom stereocenters. The van der Waals surface area contributed by atoms with Crippen molar-refractivity contribution in [3.05, 3.63) is 18.6 Å². The van der Waals surface area contributed by atoms with Gasteiger partial charge in [0.25, 0.3) is 0 Å². The Morgan fingerprint density at radius 1 is 1.31 bits per heavy atom. The second-order valence-corrected chi connectivity index (χ2v) is 9.54. The second kappa shape index (κ2) is 7.52. The number of aromatic nitrogens is 3. The number of sulfonamides is 1. The van der Waals surface area contributed by atoms with Crippen molar-refractivity contribution < 1.29 is 8.42 Å². The summed E-state index contributed by atoms with van der Waals surface area (Å²) in [7, 11) is 0.540. The van der Waals surface area contributed by atoms with Crippen LogP contribution in [0.2, 0.25) is 0 Å². The maximum atomic E-state index is 12.6. The fourth-order valence-electron chi connectivity index (χ4n) is 3.75. The van der Waals surface area contributed by atoms with Gasteiger partial charge < -0.3 is 9.88 Å². The number of nitrogens with zero attached hydrogens (tertiary/aromatic N) is 4. The molecule has 2 aromatic heterocycles. The highest BCUT2D eigenvalue weighted by atomic mass is 32.2. The van der Waals surface area contributed by atoms with Crippen LogP contribution in [0, 0.1) is 5.92 Å². The third-order valence-electron chi connectivity index (χ3n) is 5.64. The minimum atomic E-state index is -3.20. The molecule has 0 aliphatic heterocycles. The summed E-state index contributed by atoms with van der Waals surface area (Å²) in [6, 6.07) is 2.36. The first kappa shape index (κ1) is 19.1. The Bertz CT molecular complexity index is 844. The largest absolute Gasteiger partial charge is 0.356 e. The van der Waals surface area contributed by atoms with Crippen LogP contribution >= 0.6 is 0 Å². The van der Waals surface area contributed by atoms with Gasteiger partial charge in [0.1, 0.15) is 17.8 Å². The minimum absolute atomic E-state index is 0.0615. The lowest BCUT2D eigenvalue weighted by atomic mass is 9.81. The van der Waals surface area contributed by atoms with Gasteiger partial charge in [-0.25, -0.2) is 22.7 Å². The van der Waals surface area contributed by atoms with E-state index in [4.69, 9.17) is 0 Å². The van der Waals surface area contributed by atoms with Crippen molar-refractivity contribution in [2.45, 2.75) is 51.6 Å². The Morgan fingerprint density at radius 3 is 2.73 bits per heavy atom. The van der Waals surface area contributed by atoms with E-state index in [1.165, 1.54) is 0 Å². The number of nitrogens with one attached hydrogen (secondary N) is 1. The Kier molecular flexibility index (Phi) is 5.53. The summed E-state index contributed by atoms with van der Waals surface area (Å²) in [4.78, 5) is 13.9. The van der Waals surface area contributed by atoms with Crippen molar-refractivity contribution in [2.75, 3.05) is 24.7 Å². The molecule has 0 amide bonds. The van der Waals surface area contributed by atoms with Crippen LogP contribution in [0.3, 0.4) is 0 Å². The van der Waals surface area contributed by atoms with Gasteiger partial charge in [-0.2, -0.15) is 0 Å². The highest BCUT2D eigenvalue weighted by molar-refractivity contribution is 7.89. The van der Waals surface area contributed by atoms with Crippen LogP contribution in [-0.2, 0) is 10.0 Å². The molecule has 1 fully saturated rings. The van der Waals surface area contributed by atoms with Gasteiger partial charge in [0, 0.05) is 32.4 Å². The van der Waals surface area contributed by atoms with Gasteiger partial charge in [-0.15, -0.1) is 0 Å². The number of hydrogen-bond donors (Lipinski definition) is 1. The van der Waals surface area contributed by atoms with E-state index in [9.17, 15) is 8.42 Å². The first-order valence-electron chi connectivity index (χ1n) is 9.30. The Balaban J connectivity index is 1.59. The van der Waals surface area contributed by atoms with Crippen LogP contribution in [-0.4, -0.2) is 59.6 Å². The summed E-state index contributed by atoms with van der Waals surface area (Å²) in [6.45, 7) is 4.06. The van der Waals surface area contributed by atoms with Crippen molar-refractivity contribution in [2.24, 2.45) is 5.92 Å². The summed E-state index contributed by atoms with van der Waals surface area (Å²) in [5, 5.41) is 0.999. The molecule has 0 aromatic carbocycles. The van der Waals surface area contributed by atoms with Gasteiger partial charge in [0.15, 0.2) is 0 Å². The zero-order valence-electron chi connectivity index (χ0n) is 16.0. The van der Waals surface area contributed by atoms with Crippen LogP contribution in [0.5, 0.6) is 0 Å². The van der Waals surface area contributed by atoms with E-state index in [1.807, 2.05) is 26.2 Å². The predicted molar refractivity (Wildman–Crippen MR) is 105 cm³/mol. The van der Waals surface area contributed by atoms with Crippen LogP contribution in [0.4, 0.5) is 5.82 Å². The molecule has 2 heterocycles. The highest BCUT2D eigenvalue weighted by Crippen LogP contribution is 2.36. The smallest absolute Gasteiger partial charge is 0.214 e. The summed E-state index contributed by atoms with van der Waals surface area (Å²) in [5.41, 5.74) is 0.826. The molecule has 3 rings (SSSR count). The Hall–Kier alpha value is -1.67. The fourth-order valence-corrected chi connectivity index (χ4v) is 5.51. The molecule has 1 aliphatic carbocycles. The van der Waals surface area contributed by atoms with Gasteiger partial charge in [0.2, 0.25) is 10.0 Å². The highest BCUT2D eigenvalue weighted by Gasteiger charge is 2.37. The molecule has 0 bridgehead atoms. The average molecular weight is 380 g/mol. The van der Waals surface area contributed by atoms with E-state index in [2.05, 4.69) is 26.8 Å². The Labute approximate surface area is 155 Å². The van der Waals surface area contributed by atoms with Crippen molar-refractivity contribution in [3.63, 3.8) is 0 Å². The molecule has 0 radical (unpaired) electrons. The molecular weight excluding hydrogens is 350 g/mol. The topological polar surface area (TPSA) is 82.2 Å². The van der Waals surface area contributed by atoms with E-state index in [0.29, 0.717) is 6.04 Å². The van der Waals surface area contributed by atoms with Crippen LogP contribution in [0.1, 0.15) is 39.5 Å². The first-order valence-corrected chi connectivity index (χ1v) is 10.9. The van der Waals surface area contributed by atoms with E-state index < -0.39 is 10.0 Å². The minimum Gasteiger partial charge on any atom is -0.356 e. The molecule has 7 nitrogen and oxygen atoms in total. The second-order valence-electron chi connectivity index (χ2n) is 7.47. The number of H-pyrrole nitrogens is 1. The molecule has 1 N–H and O–H groups in total. The van der Waals surface area contributed by atoms with Gasteiger partial charge in [-0.05, 0) is 38.2 Å². The Morgan fingerprint density at radius 2 is 2.04 bits per heavy atom. The standard InChI is InChI=1S/C18H29N5O2S/c1-5-6-13(2)23(4)26(24,25)11-14-9-15(10-14)22(3)18-16-7-8-19-17(16)20-12-21-18/h7-8,12-15H,5-6,9-11H2,1-4H3,(H,19,20,21)/t13?,14-,15+. The maximum Gasteiger partial charge on any atom is 0.214 e. The lowest BCUT2D eigenvalue weighted by Gasteiger charge is -2.42. The van der Waals surface area contributed by atoms with Crippen molar-refractivity contribution in [1.29, 1.82) is 0 Å². The van der Waals surface area contributed by atoms with E-state index in [1.54, 1.807) is 17.7 Å². The summed E-state index contributed by atoms with van der Waals surface area (Å²) < 4.78 is 26.8. The quantitative estimate of drug-likeness (QED) is 0.762. The molecule has 144 valence electrons. The molecule has 0 saturated heterocycles. The molecule has 26 heavy (non-hydrogen) atoms. The third kappa shape index (κ3) is 3.71. The van der Waals surface area contributed by atoms with Crippen molar-refractivity contribution in [3.8, 4) is 0 Å². The lowest BCUT2D eigenvalue weighted by molar-refractivity contribution is 0.275. The number of aromatic amines is 1. The molecule has 8 heteroatoms. The molecule has 1 saturated carbocycles. The fraction of sp³-hybridized carbons (Fsp3) is 0.667. The number of fused-ring (bicyclic) bond motifs is 1. The van der Waals surface area contributed by atoms with Gasteiger partial charge in [0.05, 0.1) is 11.1 Å². The summed E-state index contributed by atoms with van der Waals surface area (Å²) in [6.07, 6.45) is 7.06. The SMILES string of the molecule is CCCC(C)N(C)S(=O)(=O)C[C@H]1C[C@@H](N(C)c2ncnc3[nH]ccc23)C1. The van der Waals surface area contributed by atoms with Crippen molar-refractivity contribution >= 4 is 26.9 Å². The summed E-state index contributed by atoms with van der Waals surface area (Å²) in [5.74, 6) is 1.36. The predicted octanol–water partition coefficient (Wildman–Crippen LogP) is 2.62. The average Bonchev–Trinajstić information content (AvgIpc) is 3.05. The maximum absolute atomic E-state index is 12.6. The number of anilines is 1.